The summed E-state index contributed by atoms with van der Waals surface area (Å²) in [6.07, 6.45) is 1.12. The number of rotatable bonds is 5. The van der Waals surface area contributed by atoms with Crippen molar-refractivity contribution in [2.24, 2.45) is 0 Å². The molecule has 1 N–H and O–H groups in total. The molecule has 1 aromatic heterocycles. The van der Waals surface area contributed by atoms with Crippen molar-refractivity contribution in [3.63, 3.8) is 0 Å². The number of aromatic nitrogens is 1. The average Bonchev–Trinajstić information content (AvgIpc) is 2.95. The van der Waals surface area contributed by atoms with Crippen LogP contribution in [0.3, 0.4) is 0 Å². The van der Waals surface area contributed by atoms with Gasteiger partial charge in [-0.1, -0.05) is 24.3 Å². The molecular formula is C21H25N3O2S. The van der Waals surface area contributed by atoms with Gasteiger partial charge in [0.2, 0.25) is 0 Å². The van der Waals surface area contributed by atoms with Gasteiger partial charge in [-0.05, 0) is 31.2 Å². The normalized spacial score (nSPS) is 16.8. The first-order chi connectivity index (χ1) is 13.3. The number of para-hydroxylation sites is 2. The summed E-state index contributed by atoms with van der Waals surface area (Å²) in [5.41, 5.74) is 2.16. The summed E-state index contributed by atoms with van der Waals surface area (Å²) in [5.74, 6) is 1.55. The van der Waals surface area contributed by atoms with E-state index in [1.807, 2.05) is 18.2 Å². The molecule has 1 atom stereocenters. The lowest BCUT2D eigenvalue weighted by Gasteiger charge is -2.30. The first-order valence-electron chi connectivity index (χ1n) is 9.33. The van der Waals surface area contributed by atoms with Crippen molar-refractivity contribution in [3.8, 4) is 11.5 Å². The van der Waals surface area contributed by atoms with E-state index in [0.717, 1.165) is 60.2 Å². The van der Waals surface area contributed by atoms with Crippen molar-refractivity contribution in [1.29, 1.82) is 0 Å². The molecule has 0 radical (unpaired) electrons. The van der Waals surface area contributed by atoms with Crippen molar-refractivity contribution < 1.29 is 9.47 Å². The summed E-state index contributed by atoms with van der Waals surface area (Å²) in [6.45, 7) is 4.03. The summed E-state index contributed by atoms with van der Waals surface area (Å²) in [5, 5.41) is 4.60. The minimum Gasteiger partial charge on any atom is -0.493 e. The molecule has 1 aliphatic rings. The molecular weight excluding hydrogens is 358 g/mol. The molecule has 0 bridgehead atoms. The van der Waals surface area contributed by atoms with Gasteiger partial charge in [0.25, 0.3) is 0 Å². The highest BCUT2D eigenvalue weighted by atomic mass is 32.1. The topological polar surface area (TPSA) is 46.6 Å². The molecule has 0 amide bonds. The predicted molar refractivity (Wildman–Crippen MR) is 110 cm³/mol. The van der Waals surface area contributed by atoms with Crippen molar-refractivity contribution in [3.05, 3.63) is 53.0 Å². The van der Waals surface area contributed by atoms with Gasteiger partial charge in [0.05, 0.1) is 30.5 Å². The van der Waals surface area contributed by atoms with E-state index in [1.165, 1.54) is 4.70 Å². The van der Waals surface area contributed by atoms with Gasteiger partial charge in [0, 0.05) is 25.2 Å². The van der Waals surface area contributed by atoms with Crippen LogP contribution in [0.15, 0.2) is 42.5 Å². The Bertz CT molecular complexity index is 870. The monoisotopic (exact) mass is 383 g/mol. The van der Waals surface area contributed by atoms with Gasteiger partial charge in [0.15, 0.2) is 11.5 Å². The molecule has 0 spiro atoms. The number of nitrogens with zero attached hydrogens (tertiary/aromatic N) is 2. The van der Waals surface area contributed by atoms with Crippen molar-refractivity contribution in [2.45, 2.75) is 12.5 Å². The van der Waals surface area contributed by atoms with Crippen LogP contribution >= 0.6 is 11.3 Å². The van der Waals surface area contributed by atoms with Crippen LogP contribution in [-0.4, -0.2) is 50.3 Å². The number of methoxy groups -OCH3 is 2. The zero-order chi connectivity index (χ0) is 18.6. The fraction of sp³-hybridized carbons (Fsp3) is 0.381. The van der Waals surface area contributed by atoms with E-state index >= 15 is 0 Å². The Morgan fingerprint density at radius 1 is 1.04 bits per heavy atom. The van der Waals surface area contributed by atoms with E-state index in [-0.39, 0.29) is 6.04 Å². The fourth-order valence-corrected chi connectivity index (χ4v) is 4.87. The summed E-state index contributed by atoms with van der Waals surface area (Å²) in [4.78, 5) is 7.50. The highest BCUT2D eigenvalue weighted by molar-refractivity contribution is 7.18. The molecule has 0 saturated carbocycles. The largest absolute Gasteiger partial charge is 0.493 e. The molecule has 1 aliphatic heterocycles. The maximum absolute atomic E-state index is 5.78. The van der Waals surface area contributed by atoms with Gasteiger partial charge in [-0.2, -0.15) is 0 Å². The Hall–Kier alpha value is -2.15. The summed E-state index contributed by atoms with van der Waals surface area (Å²) in [6, 6.07) is 14.5. The molecule has 27 heavy (non-hydrogen) atoms. The van der Waals surface area contributed by atoms with Crippen LogP contribution in [0, 0.1) is 0 Å². The van der Waals surface area contributed by atoms with Gasteiger partial charge >= 0.3 is 0 Å². The van der Waals surface area contributed by atoms with Gasteiger partial charge in [0.1, 0.15) is 5.01 Å². The predicted octanol–water partition coefficient (Wildman–Crippen LogP) is 3.70. The third-order valence-electron chi connectivity index (χ3n) is 5.01. The summed E-state index contributed by atoms with van der Waals surface area (Å²) in [7, 11) is 3.39. The van der Waals surface area contributed by atoms with Crippen molar-refractivity contribution in [2.75, 3.05) is 40.4 Å². The Labute approximate surface area is 163 Å². The fourth-order valence-electron chi connectivity index (χ4n) is 3.75. The number of hydrogen-bond donors (Lipinski definition) is 1. The maximum Gasteiger partial charge on any atom is 0.165 e. The van der Waals surface area contributed by atoms with Crippen LogP contribution in [-0.2, 0) is 0 Å². The lowest BCUT2D eigenvalue weighted by atomic mass is 10.0. The minimum atomic E-state index is 0.0485. The molecule has 0 aliphatic carbocycles. The van der Waals surface area contributed by atoms with Crippen molar-refractivity contribution >= 4 is 21.6 Å². The average molecular weight is 384 g/mol. The van der Waals surface area contributed by atoms with Crippen LogP contribution in [0.25, 0.3) is 10.2 Å². The molecule has 1 fully saturated rings. The standard InChI is InChI=1S/C21H25N3O2S/c1-25-17-9-5-7-15(20(17)26-2)19(24-13-6-11-22-12-14-24)21-23-16-8-3-4-10-18(16)27-21/h3-5,7-10,19,22H,6,11-14H2,1-2H3. The second-order valence-corrected chi connectivity index (χ2v) is 7.71. The first kappa shape index (κ1) is 18.2. The summed E-state index contributed by atoms with van der Waals surface area (Å²) < 4.78 is 12.6. The third kappa shape index (κ3) is 3.65. The Morgan fingerprint density at radius 2 is 1.93 bits per heavy atom. The van der Waals surface area contributed by atoms with Gasteiger partial charge < -0.3 is 14.8 Å². The molecule has 2 aromatic carbocycles. The van der Waals surface area contributed by atoms with E-state index < -0.39 is 0 Å². The molecule has 142 valence electrons. The highest BCUT2D eigenvalue weighted by Crippen LogP contribution is 2.42. The van der Waals surface area contributed by atoms with Crippen LogP contribution in [0.2, 0.25) is 0 Å². The Kier molecular flexibility index (Phi) is 5.57. The SMILES string of the molecule is COc1cccc(C(c2nc3ccccc3s2)N2CCCNCC2)c1OC. The molecule has 1 unspecified atom stereocenters. The second-order valence-electron chi connectivity index (χ2n) is 6.64. The molecule has 2 heterocycles. The molecule has 5 nitrogen and oxygen atoms in total. The number of ether oxygens (including phenoxy) is 2. The quantitative estimate of drug-likeness (QED) is 0.728. The van der Waals surface area contributed by atoms with Gasteiger partial charge in [-0.3, -0.25) is 4.90 Å². The zero-order valence-corrected chi connectivity index (χ0v) is 16.6. The van der Waals surface area contributed by atoms with Gasteiger partial charge in [-0.25, -0.2) is 4.98 Å². The van der Waals surface area contributed by atoms with Gasteiger partial charge in [-0.15, -0.1) is 11.3 Å². The van der Waals surface area contributed by atoms with E-state index in [2.05, 4.69) is 34.5 Å². The van der Waals surface area contributed by atoms with Crippen LogP contribution in [0.5, 0.6) is 11.5 Å². The Balaban J connectivity index is 1.85. The molecule has 3 aromatic rings. The van der Waals surface area contributed by atoms with Crippen LogP contribution < -0.4 is 14.8 Å². The number of thiazole rings is 1. The lowest BCUT2D eigenvalue weighted by molar-refractivity contribution is 0.234. The van der Waals surface area contributed by atoms with E-state index in [1.54, 1.807) is 25.6 Å². The van der Waals surface area contributed by atoms with E-state index in [9.17, 15) is 0 Å². The second kappa shape index (κ2) is 8.25. The number of nitrogens with one attached hydrogen (secondary N) is 1. The third-order valence-corrected chi connectivity index (χ3v) is 6.10. The number of fused-ring (bicyclic) bond motifs is 1. The highest BCUT2D eigenvalue weighted by Gasteiger charge is 2.30. The minimum absolute atomic E-state index is 0.0485. The zero-order valence-electron chi connectivity index (χ0n) is 15.8. The lowest BCUT2D eigenvalue weighted by Crippen LogP contribution is -2.33. The number of benzene rings is 2. The smallest absolute Gasteiger partial charge is 0.165 e. The first-order valence-corrected chi connectivity index (χ1v) is 10.1. The van der Waals surface area contributed by atoms with Crippen molar-refractivity contribution in [1.82, 2.24) is 15.2 Å². The van der Waals surface area contributed by atoms with Crippen LogP contribution in [0.4, 0.5) is 0 Å². The maximum atomic E-state index is 5.78. The number of hydrogen-bond acceptors (Lipinski definition) is 6. The summed E-state index contributed by atoms with van der Waals surface area (Å²) >= 11 is 1.76. The molecule has 1 saturated heterocycles. The molecule has 4 rings (SSSR count). The molecule has 6 heteroatoms. The van der Waals surface area contributed by atoms with Crippen LogP contribution in [0.1, 0.15) is 23.0 Å². The Morgan fingerprint density at radius 3 is 2.74 bits per heavy atom. The van der Waals surface area contributed by atoms with E-state index in [4.69, 9.17) is 14.5 Å². The van der Waals surface area contributed by atoms with E-state index in [0.29, 0.717) is 0 Å².